The van der Waals surface area contributed by atoms with Crippen molar-refractivity contribution in [2.45, 2.75) is 56.4 Å². The summed E-state index contributed by atoms with van der Waals surface area (Å²) in [7, 11) is 0. The lowest BCUT2D eigenvalue weighted by Gasteiger charge is -2.41. The van der Waals surface area contributed by atoms with Gasteiger partial charge in [0.1, 0.15) is 18.1 Å². The number of carbonyl (C=O) groups excluding carboxylic acids is 1. The van der Waals surface area contributed by atoms with E-state index in [1.807, 2.05) is 0 Å². The molecule has 2 heterocycles. The third kappa shape index (κ3) is 7.78. The molecule has 1 atom stereocenters. The number of rotatable bonds is 12. The molecule has 1 aliphatic rings. The number of carbonyl (C=O) groups is 1. The van der Waals surface area contributed by atoms with Crippen molar-refractivity contribution in [2.24, 2.45) is 0 Å². The first-order valence-corrected chi connectivity index (χ1v) is 13.0. The largest absolute Gasteiger partial charge is 0.494 e. The van der Waals surface area contributed by atoms with Crippen LogP contribution in [-0.2, 0) is 10.3 Å². The van der Waals surface area contributed by atoms with E-state index in [2.05, 4.69) is 25.9 Å². The van der Waals surface area contributed by atoms with Gasteiger partial charge in [-0.15, -0.1) is 10.2 Å². The first-order chi connectivity index (χ1) is 20.3. The number of aromatic nitrogens is 4. The van der Waals surface area contributed by atoms with E-state index >= 15 is 0 Å². The van der Waals surface area contributed by atoms with E-state index < -0.39 is 49.7 Å². The lowest BCUT2D eigenvalue weighted by Crippen LogP contribution is -2.58. The van der Waals surface area contributed by atoms with Gasteiger partial charge in [-0.2, -0.15) is 31.6 Å². The van der Waals surface area contributed by atoms with Crippen molar-refractivity contribution in [1.82, 2.24) is 25.9 Å². The Balaban J connectivity index is 1.61. The van der Waals surface area contributed by atoms with Crippen LogP contribution in [0.3, 0.4) is 0 Å². The van der Waals surface area contributed by atoms with Crippen molar-refractivity contribution < 1.29 is 49.4 Å². The lowest BCUT2D eigenvalue weighted by molar-refractivity contribution is -0.201. The summed E-state index contributed by atoms with van der Waals surface area (Å²) in [6, 6.07) is 10.1. The Morgan fingerprint density at radius 3 is 2.12 bits per heavy atom. The number of unbranched alkanes of at least 4 members (excludes halogenated alkanes) is 2. The third-order valence-corrected chi connectivity index (χ3v) is 6.65. The Morgan fingerprint density at radius 1 is 0.884 bits per heavy atom. The minimum Gasteiger partial charge on any atom is -0.494 e. The first-order valence-electron chi connectivity index (χ1n) is 13.0. The van der Waals surface area contributed by atoms with E-state index in [1.54, 1.807) is 0 Å². The summed E-state index contributed by atoms with van der Waals surface area (Å²) in [5, 5.41) is 15.1. The number of alkyl halides is 8. The van der Waals surface area contributed by atoms with Gasteiger partial charge in [-0.3, -0.25) is 4.79 Å². The second-order valence-electron chi connectivity index (χ2n) is 9.65. The average molecular weight is 620 g/mol. The van der Waals surface area contributed by atoms with Crippen LogP contribution in [0.4, 0.5) is 35.1 Å². The van der Waals surface area contributed by atoms with E-state index in [4.69, 9.17) is 9.47 Å². The highest BCUT2D eigenvalue weighted by Crippen LogP contribution is 2.49. The van der Waals surface area contributed by atoms with Gasteiger partial charge < -0.3 is 14.8 Å². The molecular formula is C27H25F8N5O3. The summed E-state index contributed by atoms with van der Waals surface area (Å²) in [4.78, 5) is 13.3. The van der Waals surface area contributed by atoms with Crippen molar-refractivity contribution in [3.05, 3.63) is 65.5 Å². The van der Waals surface area contributed by atoms with Gasteiger partial charge in [0.05, 0.1) is 12.2 Å². The molecule has 0 saturated heterocycles. The molecule has 0 spiro atoms. The summed E-state index contributed by atoms with van der Waals surface area (Å²) < 4.78 is 117. The fraction of sp³-hybridized carbons (Fsp3) is 0.407. The van der Waals surface area contributed by atoms with Gasteiger partial charge in [0.2, 0.25) is 5.82 Å². The lowest BCUT2D eigenvalue weighted by atomic mass is 9.76. The Hall–Kier alpha value is -4.24. The molecule has 0 fully saturated rings. The molecule has 2 N–H and O–H groups in total. The monoisotopic (exact) mass is 619 g/mol. The smallest absolute Gasteiger partial charge is 0.416 e. The van der Waals surface area contributed by atoms with Gasteiger partial charge in [-0.05, 0) is 65.4 Å². The van der Waals surface area contributed by atoms with Crippen molar-refractivity contribution in [1.29, 1.82) is 0 Å². The van der Waals surface area contributed by atoms with Crippen LogP contribution in [0, 0.1) is 0 Å². The standard InChI is InChI=1S/C27H25F8N5O3/c28-21(29)15-43-19-8-4-16(5-9-19)20-14-25(27(33,34)35,36-24(41)22(20)23-37-39-40-38-23)17-6-10-18(11-7-17)42-13-3-1-2-12-26(30,31)32/h4-11,21H,1-3,12-15H2,(H,36,41)(H,37,38,39,40). The Bertz CT molecular complexity index is 1390. The summed E-state index contributed by atoms with van der Waals surface area (Å²) in [6.45, 7) is -0.816. The Kier molecular flexibility index (Phi) is 9.55. The fourth-order valence-electron chi connectivity index (χ4n) is 4.59. The van der Waals surface area contributed by atoms with Gasteiger partial charge in [0, 0.05) is 12.8 Å². The van der Waals surface area contributed by atoms with E-state index in [0.29, 0.717) is 6.42 Å². The van der Waals surface area contributed by atoms with Crippen LogP contribution in [0.25, 0.3) is 11.1 Å². The molecule has 0 aliphatic carbocycles. The van der Waals surface area contributed by atoms with Crippen molar-refractivity contribution >= 4 is 17.1 Å². The van der Waals surface area contributed by atoms with E-state index in [1.165, 1.54) is 36.4 Å². The predicted molar refractivity (Wildman–Crippen MR) is 136 cm³/mol. The van der Waals surface area contributed by atoms with Gasteiger partial charge in [-0.1, -0.05) is 24.3 Å². The Labute approximate surface area is 239 Å². The van der Waals surface area contributed by atoms with Gasteiger partial charge >= 0.3 is 12.4 Å². The maximum Gasteiger partial charge on any atom is 0.416 e. The minimum absolute atomic E-state index is 0.0454. The SMILES string of the molecule is O=C1NC(c2ccc(OCCCCCC(F)(F)F)cc2)(C(F)(F)F)CC(c2ccc(OCC(F)F)cc2)=C1c1nn[nH]n1. The zero-order valence-corrected chi connectivity index (χ0v) is 22.2. The van der Waals surface area contributed by atoms with Crippen LogP contribution in [0.1, 0.15) is 49.1 Å². The quantitative estimate of drug-likeness (QED) is 0.184. The minimum atomic E-state index is -5.00. The third-order valence-electron chi connectivity index (χ3n) is 6.65. The molecule has 1 unspecified atom stereocenters. The number of hydrogen-bond donors (Lipinski definition) is 2. The van der Waals surface area contributed by atoms with Crippen molar-refractivity contribution in [3.8, 4) is 11.5 Å². The molecule has 1 amide bonds. The van der Waals surface area contributed by atoms with E-state index in [-0.39, 0.29) is 59.0 Å². The number of H-pyrrole nitrogens is 1. The molecular weight excluding hydrogens is 594 g/mol. The van der Waals surface area contributed by atoms with Crippen LogP contribution in [0.2, 0.25) is 0 Å². The molecule has 232 valence electrons. The topological polar surface area (TPSA) is 102 Å². The maximum absolute atomic E-state index is 14.9. The highest BCUT2D eigenvalue weighted by Gasteiger charge is 2.59. The average Bonchev–Trinajstić information content (AvgIpc) is 3.47. The molecule has 2 aromatic carbocycles. The van der Waals surface area contributed by atoms with Crippen molar-refractivity contribution in [3.63, 3.8) is 0 Å². The number of amides is 1. The first kappa shape index (κ1) is 31.7. The molecule has 0 radical (unpaired) electrons. The van der Waals surface area contributed by atoms with Crippen LogP contribution in [0.15, 0.2) is 48.5 Å². The zero-order valence-electron chi connectivity index (χ0n) is 22.2. The molecule has 1 aromatic heterocycles. The number of hydrogen-bond acceptors (Lipinski definition) is 6. The fourth-order valence-corrected chi connectivity index (χ4v) is 4.59. The normalized spacial score (nSPS) is 17.7. The summed E-state index contributed by atoms with van der Waals surface area (Å²) in [6.07, 6.45) is -13.2. The second kappa shape index (κ2) is 13.0. The number of ether oxygens (including phenoxy) is 2. The number of tetrazole rings is 1. The molecule has 16 heteroatoms. The molecule has 4 rings (SSSR count). The second-order valence-corrected chi connectivity index (χ2v) is 9.65. The Morgan fingerprint density at radius 2 is 1.53 bits per heavy atom. The number of halogens is 8. The van der Waals surface area contributed by atoms with Crippen LogP contribution < -0.4 is 14.8 Å². The molecule has 43 heavy (non-hydrogen) atoms. The van der Waals surface area contributed by atoms with Gasteiger partial charge in [-0.25, -0.2) is 8.78 Å². The van der Waals surface area contributed by atoms with Crippen LogP contribution in [0.5, 0.6) is 11.5 Å². The highest BCUT2D eigenvalue weighted by molar-refractivity contribution is 6.27. The van der Waals surface area contributed by atoms with Gasteiger partial charge in [0.15, 0.2) is 5.54 Å². The summed E-state index contributed by atoms with van der Waals surface area (Å²) >= 11 is 0. The maximum atomic E-state index is 14.9. The molecule has 1 aliphatic heterocycles. The number of aromatic amines is 1. The molecule has 8 nitrogen and oxygen atoms in total. The van der Waals surface area contributed by atoms with Gasteiger partial charge in [0.25, 0.3) is 12.3 Å². The number of benzene rings is 2. The van der Waals surface area contributed by atoms with Crippen LogP contribution in [-0.4, -0.2) is 58.5 Å². The van der Waals surface area contributed by atoms with E-state index in [0.717, 1.165) is 12.1 Å². The summed E-state index contributed by atoms with van der Waals surface area (Å²) in [5.41, 5.74) is -3.39. The van der Waals surface area contributed by atoms with E-state index in [9.17, 15) is 39.9 Å². The highest BCUT2D eigenvalue weighted by atomic mass is 19.4. The van der Waals surface area contributed by atoms with Crippen LogP contribution >= 0.6 is 0 Å². The van der Waals surface area contributed by atoms with Crippen molar-refractivity contribution in [2.75, 3.05) is 13.2 Å². The zero-order chi connectivity index (χ0) is 31.3. The summed E-state index contributed by atoms with van der Waals surface area (Å²) in [5.74, 6) is -1.14. The number of nitrogens with zero attached hydrogens (tertiary/aromatic N) is 3. The molecule has 0 saturated carbocycles. The molecule has 3 aromatic rings. The molecule has 0 bridgehead atoms. The number of nitrogens with one attached hydrogen (secondary N) is 2. The predicted octanol–water partition coefficient (Wildman–Crippen LogP) is 6.23.